The summed E-state index contributed by atoms with van der Waals surface area (Å²) in [5.41, 5.74) is 1.20. The minimum absolute atomic E-state index is 0.205. The monoisotopic (exact) mass is 387 g/mol. The lowest BCUT2D eigenvalue weighted by Crippen LogP contribution is -2.36. The van der Waals surface area contributed by atoms with Gasteiger partial charge in [-0.25, -0.2) is 13.2 Å². The first-order chi connectivity index (χ1) is 11.3. The van der Waals surface area contributed by atoms with Crippen LogP contribution in [0.4, 0.5) is 0 Å². The van der Waals surface area contributed by atoms with Crippen LogP contribution in [0.25, 0.3) is 0 Å². The van der Waals surface area contributed by atoms with Crippen molar-refractivity contribution in [1.82, 2.24) is 4.31 Å². The summed E-state index contributed by atoms with van der Waals surface area (Å²) in [6.07, 6.45) is 0. The molecule has 0 radical (unpaired) electrons. The number of esters is 1. The van der Waals surface area contributed by atoms with Crippen molar-refractivity contribution in [3.63, 3.8) is 0 Å². The number of hydrogen-bond acceptors (Lipinski definition) is 5. The molecule has 0 fully saturated rings. The van der Waals surface area contributed by atoms with Crippen LogP contribution in [0.1, 0.15) is 29.8 Å². The molecule has 0 atom stereocenters. The molecule has 130 valence electrons. The average molecular weight is 388 g/mol. The van der Waals surface area contributed by atoms with Crippen LogP contribution in [0.5, 0.6) is 0 Å². The number of thiophene rings is 1. The fraction of sp³-hybridized carbons (Fsp3) is 0.312. The molecule has 0 saturated carbocycles. The average Bonchev–Trinajstić information content (AvgIpc) is 2.99. The molecule has 0 aliphatic carbocycles. The predicted octanol–water partition coefficient (Wildman–Crippen LogP) is 3.79. The summed E-state index contributed by atoms with van der Waals surface area (Å²) in [7, 11) is -2.32. The molecule has 0 aliphatic rings. The van der Waals surface area contributed by atoms with Crippen LogP contribution in [0.2, 0.25) is 4.34 Å². The SMILES string of the molecule is COC(=O)c1ccc(CN(C(C)C)S(=O)(=O)c2ccc(Cl)s2)cc1. The van der Waals surface area contributed by atoms with Gasteiger partial charge in [-0.2, -0.15) is 4.31 Å². The maximum atomic E-state index is 12.8. The van der Waals surface area contributed by atoms with E-state index in [-0.39, 0.29) is 16.8 Å². The van der Waals surface area contributed by atoms with E-state index in [9.17, 15) is 13.2 Å². The summed E-state index contributed by atoms with van der Waals surface area (Å²) in [6.45, 7) is 3.84. The first-order valence-electron chi connectivity index (χ1n) is 7.20. The third-order valence-electron chi connectivity index (χ3n) is 3.40. The van der Waals surface area contributed by atoms with Gasteiger partial charge < -0.3 is 4.74 Å². The van der Waals surface area contributed by atoms with Gasteiger partial charge >= 0.3 is 5.97 Å². The molecule has 0 unspecified atom stereocenters. The van der Waals surface area contributed by atoms with E-state index in [1.165, 1.54) is 17.5 Å². The molecule has 0 bridgehead atoms. The Labute approximate surface area is 150 Å². The van der Waals surface area contributed by atoms with Crippen molar-refractivity contribution in [1.29, 1.82) is 0 Å². The van der Waals surface area contributed by atoms with E-state index >= 15 is 0 Å². The van der Waals surface area contributed by atoms with Crippen LogP contribution in [0.15, 0.2) is 40.6 Å². The van der Waals surface area contributed by atoms with E-state index in [0.29, 0.717) is 9.90 Å². The molecule has 2 aromatic rings. The zero-order valence-corrected chi connectivity index (χ0v) is 15.9. The van der Waals surface area contributed by atoms with E-state index in [1.54, 1.807) is 30.3 Å². The van der Waals surface area contributed by atoms with Gasteiger partial charge in [-0.1, -0.05) is 23.7 Å². The van der Waals surface area contributed by atoms with E-state index in [1.807, 2.05) is 13.8 Å². The molecule has 8 heteroatoms. The molecule has 0 amide bonds. The number of hydrogen-bond donors (Lipinski definition) is 0. The number of methoxy groups -OCH3 is 1. The molecule has 5 nitrogen and oxygen atoms in total. The lowest BCUT2D eigenvalue weighted by Gasteiger charge is -2.25. The number of carbonyl (C=O) groups excluding carboxylic acids is 1. The Morgan fingerprint density at radius 2 is 1.83 bits per heavy atom. The standard InChI is InChI=1S/C16H18ClNO4S2/c1-11(2)18(24(20,21)15-9-8-14(17)23-15)10-12-4-6-13(7-5-12)16(19)22-3/h4-9,11H,10H2,1-3H3. The fourth-order valence-electron chi connectivity index (χ4n) is 2.14. The Balaban J connectivity index is 2.27. The summed E-state index contributed by atoms with van der Waals surface area (Å²) >= 11 is 6.90. The van der Waals surface area contributed by atoms with Crippen molar-refractivity contribution in [2.75, 3.05) is 7.11 Å². The minimum Gasteiger partial charge on any atom is -0.465 e. The first-order valence-corrected chi connectivity index (χ1v) is 9.83. The molecule has 0 saturated heterocycles. The quantitative estimate of drug-likeness (QED) is 0.707. The normalized spacial score (nSPS) is 11.9. The number of nitrogens with zero attached hydrogens (tertiary/aromatic N) is 1. The maximum absolute atomic E-state index is 12.8. The number of halogens is 1. The molecule has 1 aromatic heterocycles. The highest BCUT2D eigenvalue weighted by Gasteiger charge is 2.28. The Kier molecular flexibility index (Phi) is 6.03. The topological polar surface area (TPSA) is 63.7 Å². The van der Waals surface area contributed by atoms with Crippen molar-refractivity contribution in [3.8, 4) is 0 Å². The summed E-state index contributed by atoms with van der Waals surface area (Å²) in [4.78, 5) is 11.5. The molecule has 2 rings (SSSR count). The number of rotatable bonds is 6. The maximum Gasteiger partial charge on any atom is 0.337 e. The smallest absolute Gasteiger partial charge is 0.337 e. The van der Waals surface area contributed by atoms with E-state index < -0.39 is 16.0 Å². The van der Waals surface area contributed by atoms with Crippen molar-refractivity contribution < 1.29 is 17.9 Å². The summed E-state index contributed by atoms with van der Waals surface area (Å²) in [6, 6.07) is 9.54. The highest BCUT2D eigenvalue weighted by atomic mass is 35.5. The lowest BCUT2D eigenvalue weighted by molar-refractivity contribution is 0.0600. The van der Waals surface area contributed by atoms with Crippen molar-refractivity contribution in [3.05, 3.63) is 51.9 Å². The molecule has 1 aromatic carbocycles. The molecule has 24 heavy (non-hydrogen) atoms. The van der Waals surface area contributed by atoms with Gasteiger partial charge in [0.2, 0.25) is 0 Å². The second-order valence-corrected chi connectivity index (χ2v) is 9.22. The third kappa shape index (κ3) is 4.16. The van der Waals surface area contributed by atoms with Crippen molar-refractivity contribution in [2.45, 2.75) is 30.6 Å². The minimum atomic E-state index is -3.63. The third-order valence-corrected chi connectivity index (χ3v) is 7.12. The van der Waals surface area contributed by atoms with Gasteiger partial charge in [0.15, 0.2) is 0 Å². The van der Waals surface area contributed by atoms with Gasteiger partial charge in [0.1, 0.15) is 4.21 Å². The second-order valence-electron chi connectivity index (χ2n) is 5.39. The van der Waals surface area contributed by atoms with Crippen LogP contribution in [0.3, 0.4) is 0 Å². The van der Waals surface area contributed by atoms with Crippen molar-refractivity contribution >= 4 is 38.9 Å². The van der Waals surface area contributed by atoms with Crippen LogP contribution in [0, 0.1) is 0 Å². The van der Waals surface area contributed by atoms with Gasteiger partial charge in [-0.05, 0) is 43.7 Å². The van der Waals surface area contributed by atoms with Crippen molar-refractivity contribution in [2.24, 2.45) is 0 Å². The zero-order valence-electron chi connectivity index (χ0n) is 13.5. The fourth-order valence-corrected chi connectivity index (χ4v) is 5.38. The van der Waals surface area contributed by atoms with Gasteiger partial charge in [-0.15, -0.1) is 11.3 Å². The van der Waals surface area contributed by atoms with E-state index in [0.717, 1.165) is 16.9 Å². The Morgan fingerprint density at radius 3 is 2.29 bits per heavy atom. The molecule has 0 N–H and O–H groups in total. The lowest BCUT2D eigenvalue weighted by atomic mass is 10.1. The van der Waals surface area contributed by atoms with Crippen LogP contribution < -0.4 is 0 Å². The highest BCUT2D eigenvalue weighted by molar-refractivity contribution is 7.91. The van der Waals surface area contributed by atoms with Gasteiger partial charge in [-0.3, -0.25) is 0 Å². The molecule has 1 heterocycles. The second kappa shape index (κ2) is 7.65. The predicted molar refractivity (Wildman–Crippen MR) is 95.0 cm³/mol. The summed E-state index contributed by atoms with van der Waals surface area (Å²) < 4.78 is 32.3. The van der Waals surface area contributed by atoms with Gasteiger partial charge in [0.05, 0.1) is 17.0 Å². The molecule has 0 spiro atoms. The number of benzene rings is 1. The van der Waals surface area contributed by atoms with Crippen LogP contribution >= 0.6 is 22.9 Å². The zero-order chi connectivity index (χ0) is 17.9. The number of ether oxygens (including phenoxy) is 1. The Morgan fingerprint density at radius 1 is 1.21 bits per heavy atom. The number of sulfonamides is 1. The van der Waals surface area contributed by atoms with Crippen LogP contribution in [-0.4, -0.2) is 31.8 Å². The van der Waals surface area contributed by atoms with Gasteiger partial charge in [0.25, 0.3) is 10.0 Å². The van der Waals surface area contributed by atoms with E-state index in [4.69, 9.17) is 11.6 Å². The van der Waals surface area contributed by atoms with Crippen LogP contribution in [-0.2, 0) is 21.3 Å². The summed E-state index contributed by atoms with van der Waals surface area (Å²) in [5.74, 6) is -0.428. The van der Waals surface area contributed by atoms with E-state index in [2.05, 4.69) is 4.74 Å². The Bertz CT molecular complexity index is 813. The summed E-state index contributed by atoms with van der Waals surface area (Å²) in [5, 5.41) is 0. The molecular weight excluding hydrogens is 370 g/mol. The first kappa shape index (κ1) is 18.9. The van der Waals surface area contributed by atoms with Gasteiger partial charge in [0, 0.05) is 12.6 Å². The highest BCUT2D eigenvalue weighted by Crippen LogP contribution is 2.30. The largest absolute Gasteiger partial charge is 0.465 e. The Hall–Kier alpha value is -1.41. The number of carbonyl (C=O) groups is 1. The molecule has 0 aliphatic heterocycles. The molecular formula is C16H18ClNO4S2.